The van der Waals surface area contributed by atoms with Gasteiger partial charge in [0.25, 0.3) is 0 Å². The third kappa shape index (κ3) is 6.33. The molecule has 1 atom stereocenters. The normalized spacial score (nSPS) is 13.9. The molecule has 0 aliphatic carbocycles. The van der Waals surface area contributed by atoms with Crippen molar-refractivity contribution >= 4 is 6.09 Å². The lowest BCUT2D eigenvalue weighted by Gasteiger charge is -2.30. The first-order valence-corrected chi connectivity index (χ1v) is 5.24. The standard InChI is InChI=1S/C11H24N2O2/c1-9(8-12(5)6)13(7)10(14)15-11(2,3)4/h9H,8H2,1-7H3/t9-/m1/s1. The molecule has 0 spiro atoms. The molecule has 0 aliphatic rings. The summed E-state index contributed by atoms with van der Waals surface area (Å²) in [6.45, 7) is 8.44. The van der Waals surface area contributed by atoms with E-state index in [1.807, 2.05) is 46.7 Å². The van der Waals surface area contributed by atoms with Crippen molar-refractivity contribution < 1.29 is 9.53 Å². The lowest BCUT2D eigenvalue weighted by Crippen LogP contribution is -2.43. The molecule has 0 N–H and O–H groups in total. The molecule has 15 heavy (non-hydrogen) atoms. The Morgan fingerprint density at radius 2 is 1.73 bits per heavy atom. The molecule has 0 aromatic heterocycles. The van der Waals surface area contributed by atoms with E-state index in [-0.39, 0.29) is 12.1 Å². The second-order valence-electron chi connectivity index (χ2n) is 5.20. The Labute approximate surface area is 93.2 Å². The highest BCUT2D eigenvalue weighted by Gasteiger charge is 2.22. The van der Waals surface area contributed by atoms with Crippen molar-refractivity contribution in [1.82, 2.24) is 9.80 Å². The number of hydrogen-bond donors (Lipinski definition) is 0. The number of amides is 1. The number of carbonyl (C=O) groups excluding carboxylic acids is 1. The van der Waals surface area contributed by atoms with E-state index in [1.54, 1.807) is 11.9 Å². The van der Waals surface area contributed by atoms with Crippen LogP contribution in [-0.4, -0.2) is 55.2 Å². The second-order valence-corrected chi connectivity index (χ2v) is 5.20. The Balaban J connectivity index is 4.20. The van der Waals surface area contributed by atoms with Crippen LogP contribution in [0.2, 0.25) is 0 Å². The fraction of sp³-hybridized carbons (Fsp3) is 0.909. The Hall–Kier alpha value is -0.770. The molecule has 0 saturated heterocycles. The van der Waals surface area contributed by atoms with Gasteiger partial charge < -0.3 is 14.5 Å². The van der Waals surface area contributed by atoms with E-state index < -0.39 is 5.60 Å². The molecule has 90 valence electrons. The minimum Gasteiger partial charge on any atom is -0.444 e. The monoisotopic (exact) mass is 216 g/mol. The molecule has 0 radical (unpaired) electrons. The smallest absolute Gasteiger partial charge is 0.410 e. The van der Waals surface area contributed by atoms with E-state index in [9.17, 15) is 4.79 Å². The summed E-state index contributed by atoms with van der Waals surface area (Å²) in [5.74, 6) is 0. The van der Waals surface area contributed by atoms with Crippen molar-refractivity contribution in [3.63, 3.8) is 0 Å². The Bertz CT molecular complexity index is 209. The summed E-state index contributed by atoms with van der Waals surface area (Å²) in [4.78, 5) is 15.3. The predicted molar refractivity (Wildman–Crippen MR) is 62.0 cm³/mol. The molecular formula is C11H24N2O2. The second kappa shape index (κ2) is 5.35. The maximum absolute atomic E-state index is 11.7. The fourth-order valence-electron chi connectivity index (χ4n) is 1.16. The van der Waals surface area contributed by atoms with Gasteiger partial charge >= 0.3 is 6.09 Å². The van der Waals surface area contributed by atoms with E-state index in [4.69, 9.17) is 4.74 Å². The van der Waals surface area contributed by atoms with Crippen molar-refractivity contribution in [3.8, 4) is 0 Å². The van der Waals surface area contributed by atoms with Gasteiger partial charge in [0.15, 0.2) is 0 Å². The molecule has 1 amide bonds. The number of hydrogen-bond acceptors (Lipinski definition) is 3. The summed E-state index contributed by atoms with van der Waals surface area (Å²) in [6, 6.07) is 0.148. The molecular weight excluding hydrogens is 192 g/mol. The SMILES string of the molecule is C[C@H](CN(C)C)N(C)C(=O)OC(C)(C)C. The molecule has 0 aliphatic heterocycles. The Kier molecular flexibility index (Phi) is 5.08. The van der Waals surface area contributed by atoms with Crippen molar-refractivity contribution in [2.75, 3.05) is 27.7 Å². The largest absolute Gasteiger partial charge is 0.444 e. The first kappa shape index (κ1) is 14.2. The average Bonchev–Trinajstić information content (AvgIpc) is 1.98. The van der Waals surface area contributed by atoms with E-state index in [1.165, 1.54) is 0 Å². The molecule has 0 aromatic rings. The van der Waals surface area contributed by atoms with Crippen LogP contribution in [0.3, 0.4) is 0 Å². The van der Waals surface area contributed by atoms with Crippen LogP contribution in [0.5, 0.6) is 0 Å². The van der Waals surface area contributed by atoms with Gasteiger partial charge in [-0.15, -0.1) is 0 Å². The number of nitrogens with zero attached hydrogens (tertiary/aromatic N) is 2. The highest BCUT2D eigenvalue weighted by atomic mass is 16.6. The third-order valence-electron chi connectivity index (χ3n) is 1.97. The first-order chi connectivity index (χ1) is 6.63. The predicted octanol–water partition coefficient (Wildman–Crippen LogP) is 1.80. The number of ether oxygens (including phenoxy) is 1. The van der Waals surface area contributed by atoms with Crippen LogP contribution in [0, 0.1) is 0 Å². The van der Waals surface area contributed by atoms with Crippen LogP contribution in [0.15, 0.2) is 0 Å². The van der Waals surface area contributed by atoms with Crippen molar-refractivity contribution in [2.24, 2.45) is 0 Å². The zero-order valence-corrected chi connectivity index (χ0v) is 11.0. The van der Waals surface area contributed by atoms with E-state index in [2.05, 4.69) is 0 Å². The summed E-state index contributed by atoms with van der Waals surface area (Å²) in [5.41, 5.74) is -0.427. The maximum Gasteiger partial charge on any atom is 0.410 e. The number of carbonyl (C=O) groups is 1. The summed E-state index contributed by atoms with van der Waals surface area (Å²) < 4.78 is 5.27. The molecule has 0 fully saturated rings. The summed E-state index contributed by atoms with van der Waals surface area (Å²) in [7, 11) is 5.74. The number of likely N-dealkylation sites (N-methyl/N-ethyl adjacent to an activating group) is 2. The quantitative estimate of drug-likeness (QED) is 0.721. The molecule has 0 heterocycles. The van der Waals surface area contributed by atoms with Crippen molar-refractivity contribution in [1.29, 1.82) is 0 Å². The van der Waals surface area contributed by atoms with Crippen LogP contribution in [0.1, 0.15) is 27.7 Å². The minimum atomic E-state index is -0.427. The molecule has 0 bridgehead atoms. The first-order valence-electron chi connectivity index (χ1n) is 5.24. The van der Waals surface area contributed by atoms with Gasteiger partial charge in [-0.3, -0.25) is 0 Å². The van der Waals surface area contributed by atoms with Gasteiger partial charge in [0.05, 0.1) is 0 Å². The topological polar surface area (TPSA) is 32.8 Å². The van der Waals surface area contributed by atoms with Gasteiger partial charge in [-0.1, -0.05) is 0 Å². The van der Waals surface area contributed by atoms with Crippen molar-refractivity contribution in [2.45, 2.75) is 39.3 Å². The molecule has 0 rings (SSSR count). The maximum atomic E-state index is 11.7. The molecule has 0 unspecified atom stereocenters. The summed E-state index contributed by atoms with van der Waals surface area (Å²) in [5, 5.41) is 0. The van der Waals surface area contributed by atoms with Gasteiger partial charge in [-0.2, -0.15) is 0 Å². The number of rotatable bonds is 3. The molecule has 4 heteroatoms. The van der Waals surface area contributed by atoms with Gasteiger partial charge in [-0.05, 0) is 41.8 Å². The van der Waals surface area contributed by atoms with Crippen LogP contribution in [0.25, 0.3) is 0 Å². The van der Waals surface area contributed by atoms with Gasteiger partial charge in [0.2, 0.25) is 0 Å². The lowest BCUT2D eigenvalue weighted by molar-refractivity contribution is 0.0217. The third-order valence-corrected chi connectivity index (χ3v) is 1.97. The van der Waals surface area contributed by atoms with Gasteiger partial charge in [0, 0.05) is 19.6 Å². The molecule has 4 nitrogen and oxygen atoms in total. The van der Waals surface area contributed by atoms with E-state index in [0.29, 0.717) is 0 Å². The minimum absolute atomic E-state index is 0.148. The highest BCUT2D eigenvalue weighted by Crippen LogP contribution is 2.10. The lowest BCUT2D eigenvalue weighted by atomic mass is 10.2. The van der Waals surface area contributed by atoms with E-state index >= 15 is 0 Å². The van der Waals surface area contributed by atoms with Gasteiger partial charge in [-0.25, -0.2) is 4.79 Å². The fourth-order valence-corrected chi connectivity index (χ4v) is 1.16. The zero-order chi connectivity index (χ0) is 12.2. The van der Waals surface area contributed by atoms with E-state index in [0.717, 1.165) is 6.54 Å². The Morgan fingerprint density at radius 3 is 2.07 bits per heavy atom. The molecule has 0 saturated carbocycles. The van der Waals surface area contributed by atoms with Crippen molar-refractivity contribution in [3.05, 3.63) is 0 Å². The van der Waals surface area contributed by atoms with Crippen LogP contribution < -0.4 is 0 Å². The molecule has 0 aromatic carbocycles. The average molecular weight is 216 g/mol. The van der Waals surface area contributed by atoms with Crippen LogP contribution in [0.4, 0.5) is 4.79 Å². The van der Waals surface area contributed by atoms with Crippen LogP contribution >= 0.6 is 0 Å². The highest BCUT2D eigenvalue weighted by molar-refractivity contribution is 5.68. The summed E-state index contributed by atoms with van der Waals surface area (Å²) in [6.07, 6.45) is -0.267. The van der Waals surface area contributed by atoms with Crippen LogP contribution in [-0.2, 0) is 4.74 Å². The Morgan fingerprint density at radius 1 is 1.27 bits per heavy atom. The van der Waals surface area contributed by atoms with Gasteiger partial charge in [0.1, 0.15) is 5.60 Å². The summed E-state index contributed by atoms with van der Waals surface area (Å²) >= 11 is 0. The zero-order valence-electron chi connectivity index (χ0n) is 11.0.